The quantitative estimate of drug-likeness (QED) is 0.716. The Morgan fingerprint density at radius 1 is 1.64 bits per heavy atom. The lowest BCUT2D eigenvalue weighted by molar-refractivity contribution is -0.133. The molecule has 1 saturated carbocycles. The molecule has 4 heteroatoms. The molecule has 4 nitrogen and oxygen atoms in total. The predicted molar refractivity (Wildman–Crippen MR) is 54.7 cm³/mol. The average Bonchev–Trinajstić information content (AvgIpc) is 2.93. The van der Waals surface area contributed by atoms with Gasteiger partial charge in [-0.1, -0.05) is 0 Å². The van der Waals surface area contributed by atoms with Crippen LogP contribution in [0.5, 0.6) is 0 Å². The Morgan fingerprint density at radius 3 is 2.71 bits per heavy atom. The van der Waals surface area contributed by atoms with Gasteiger partial charge in [0.2, 0.25) is 0 Å². The molecule has 0 aromatic carbocycles. The lowest BCUT2D eigenvalue weighted by atomic mass is 10.0. The molecular formula is C10H17N3O. The number of hydrogen-bond donors (Lipinski definition) is 1. The number of hydrazone groups is 1. The Labute approximate surface area is 84.1 Å². The van der Waals surface area contributed by atoms with Crippen molar-refractivity contribution in [2.24, 2.45) is 22.7 Å². The topological polar surface area (TPSA) is 58.7 Å². The predicted octanol–water partition coefficient (Wildman–Crippen LogP) is 0.578. The van der Waals surface area contributed by atoms with E-state index in [0.717, 1.165) is 5.71 Å². The van der Waals surface area contributed by atoms with Crippen molar-refractivity contribution < 1.29 is 4.79 Å². The van der Waals surface area contributed by atoms with E-state index in [1.54, 1.807) is 5.01 Å². The highest BCUT2D eigenvalue weighted by Crippen LogP contribution is 2.36. The Morgan fingerprint density at radius 2 is 2.29 bits per heavy atom. The summed E-state index contributed by atoms with van der Waals surface area (Å²) in [5, 5.41) is 5.95. The van der Waals surface area contributed by atoms with Crippen LogP contribution in [-0.2, 0) is 4.79 Å². The Kier molecular flexibility index (Phi) is 2.31. The minimum Gasteiger partial charge on any atom is -0.329 e. The molecule has 0 radical (unpaired) electrons. The molecule has 2 atom stereocenters. The van der Waals surface area contributed by atoms with Gasteiger partial charge in [0.25, 0.3) is 5.91 Å². The average molecular weight is 195 g/mol. The highest BCUT2D eigenvalue weighted by atomic mass is 16.2. The Balaban J connectivity index is 2.10. The van der Waals surface area contributed by atoms with E-state index in [1.807, 2.05) is 6.92 Å². The van der Waals surface area contributed by atoms with Crippen molar-refractivity contribution in [3.05, 3.63) is 0 Å². The summed E-state index contributed by atoms with van der Waals surface area (Å²) in [7, 11) is 0. The summed E-state index contributed by atoms with van der Waals surface area (Å²) in [6, 6.07) is 0.258. The number of rotatable bonds is 3. The molecule has 0 aromatic rings. The van der Waals surface area contributed by atoms with Crippen LogP contribution in [-0.4, -0.2) is 29.2 Å². The molecule has 2 N–H and O–H groups in total. The molecule has 1 amide bonds. The van der Waals surface area contributed by atoms with Gasteiger partial charge in [-0.2, -0.15) is 5.10 Å². The van der Waals surface area contributed by atoms with Crippen LogP contribution in [0.3, 0.4) is 0 Å². The van der Waals surface area contributed by atoms with Crippen LogP contribution < -0.4 is 5.73 Å². The van der Waals surface area contributed by atoms with E-state index < -0.39 is 0 Å². The summed E-state index contributed by atoms with van der Waals surface area (Å²) in [4.78, 5) is 11.9. The first kappa shape index (κ1) is 9.65. The van der Waals surface area contributed by atoms with Gasteiger partial charge in [-0.3, -0.25) is 4.79 Å². The lowest BCUT2D eigenvalue weighted by Gasteiger charge is -2.21. The van der Waals surface area contributed by atoms with Gasteiger partial charge < -0.3 is 5.73 Å². The molecule has 78 valence electrons. The minimum atomic E-state index is -0.170. The van der Waals surface area contributed by atoms with E-state index in [4.69, 9.17) is 5.73 Å². The van der Waals surface area contributed by atoms with Crippen LogP contribution in [0.1, 0.15) is 26.7 Å². The van der Waals surface area contributed by atoms with Gasteiger partial charge in [0.1, 0.15) is 0 Å². The van der Waals surface area contributed by atoms with Crippen LogP contribution in [0.4, 0.5) is 0 Å². The van der Waals surface area contributed by atoms with Crippen molar-refractivity contribution in [3.63, 3.8) is 0 Å². The highest BCUT2D eigenvalue weighted by Gasteiger charge is 2.40. The molecular weight excluding hydrogens is 178 g/mol. The van der Waals surface area contributed by atoms with Gasteiger partial charge in [0, 0.05) is 12.3 Å². The number of nitrogens with zero attached hydrogens (tertiary/aromatic N) is 2. The number of hydrogen-bond acceptors (Lipinski definition) is 3. The van der Waals surface area contributed by atoms with Gasteiger partial charge in [0.15, 0.2) is 0 Å². The zero-order chi connectivity index (χ0) is 10.3. The van der Waals surface area contributed by atoms with Crippen molar-refractivity contribution in [2.45, 2.75) is 32.7 Å². The fourth-order valence-corrected chi connectivity index (χ4v) is 1.97. The largest absolute Gasteiger partial charge is 0.329 e. The molecule has 1 heterocycles. The summed E-state index contributed by atoms with van der Waals surface area (Å²) in [6.45, 7) is 4.34. The van der Waals surface area contributed by atoms with E-state index >= 15 is 0 Å². The molecule has 1 aliphatic carbocycles. The fraction of sp³-hybridized carbons (Fsp3) is 0.800. The van der Waals surface area contributed by atoms with Gasteiger partial charge in [-0.05, 0) is 32.6 Å². The summed E-state index contributed by atoms with van der Waals surface area (Å²) < 4.78 is 0. The van der Waals surface area contributed by atoms with Crippen LogP contribution in [0, 0.1) is 11.8 Å². The molecule has 2 aliphatic rings. The van der Waals surface area contributed by atoms with Crippen LogP contribution in [0.2, 0.25) is 0 Å². The molecule has 0 aromatic heterocycles. The first-order chi connectivity index (χ1) is 6.65. The van der Waals surface area contributed by atoms with Crippen molar-refractivity contribution >= 4 is 11.6 Å². The van der Waals surface area contributed by atoms with Crippen molar-refractivity contribution in [1.82, 2.24) is 5.01 Å². The van der Waals surface area contributed by atoms with Gasteiger partial charge >= 0.3 is 0 Å². The molecule has 2 unspecified atom stereocenters. The molecule has 1 aliphatic heterocycles. The van der Waals surface area contributed by atoms with Gasteiger partial charge in [-0.25, -0.2) is 5.01 Å². The number of carbonyl (C=O) groups is 1. The third kappa shape index (κ3) is 1.43. The second kappa shape index (κ2) is 3.35. The monoisotopic (exact) mass is 195 g/mol. The SMILES string of the molecule is CC1=NN(C(C)C2CC2)C(=O)C1CN. The molecule has 2 rings (SSSR count). The van der Waals surface area contributed by atoms with Crippen LogP contribution >= 0.6 is 0 Å². The smallest absolute Gasteiger partial charge is 0.253 e. The second-order valence-corrected chi connectivity index (χ2v) is 4.29. The molecule has 1 fully saturated rings. The summed E-state index contributed by atoms with van der Waals surface area (Å²) in [6.07, 6.45) is 2.46. The van der Waals surface area contributed by atoms with Crippen LogP contribution in [0.15, 0.2) is 5.10 Å². The van der Waals surface area contributed by atoms with Gasteiger partial charge in [-0.15, -0.1) is 0 Å². The van der Waals surface area contributed by atoms with Crippen molar-refractivity contribution in [3.8, 4) is 0 Å². The molecule has 0 bridgehead atoms. The summed E-state index contributed by atoms with van der Waals surface area (Å²) >= 11 is 0. The second-order valence-electron chi connectivity index (χ2n) is 4.29. The standard InChI is InChI=1S/C10H17N3O/c1-6-9(5-11)10(14)13(12-6)7(2)8-3-4-8/h7-9H,3-5,11H2,1-2H3. The number of nitrogens with two attached hydrogens (primary N) is 1. The van der Waals surface area contributed by atoms with Gasteiger partial charge in [0.05, 0.1) is 12.0 Å². The summed E-state index contributed by atoms with van der Waals surface area (Å²) in [5.41, 5.74) is 6.41. The molecule has 0 spiro atoms. The summed E-state index contributed by atoms with van der Waals surface area (Å²) in [5.74, 6) is 0.577. The maximum absolute atomic E-state index is 11.9. The van der Waals surface area contributed by atoms with Crippen LogP contribution in [0.25, 0.3) is 0 Å². The molecule has 14 heavy (non-hydrogen) atoms. The molecule has 0 saturated heterocycles. The van der Waals surface area contributed by atoms with E-state index in [2.05, 4.69) is 12.0 Å². The zero-order valence-electron chi connectivity index (χ0n) is 8.73. The maximum atomic E-state index is 11.9. The van der Waals surface area contributed by atoms with Crippen molar-refractivity contribution in [1.29, 1.82) is 0 Å². The van der Waals surface area contributed by atoms with Crippen molar-refractivity contribution in [2.75, 3.05) is 6.54 Å². The van der Waals surface area contributed by atoms with E-state index in [-0.39, 0.29) is 17.9 Å². The number of carbonyl (C=O) groups excluding carboxylic acids is 1. The minimum absolute atomic E-state index is 0.0874. The first-order valence-corrected chi connectivity index (χ1v) is 5.23. The number of amides is 1. The van der Waals surface area contributed by atoms with E-state index in [9.17, 15) is 4.79 Å². The Bertz CT molecular complexity index is 283. The first-order valence-electron chi connectivity index (χ1n) is 5.23. The van der Waals surface area contributed by atoms with E-state index in [0.29, 0.717) is 12.5 Å². The Hall–Kier alpha value is -0.900. The maximum Gasteiger partial charge on any atom is 0.253 e. The third-order valence-electron chi connectivity index (χ3n) is 3.22. The lowest BCUT2D eigenvalue weighted by Crippen LogP contribution is -2.37. The third-order valence-corrected chi connectivity index (χ3v) is 3.22. The normalized spacial score (nSPS) is 29.4. The highest BCUT2D eigenvalue weighted by molar-refractivity contribution is 6.07. The van der Waals surface area contributed by atoms with E-state index in [1.165, 1.54) is 12.8 Å². The fourth-order valence-electron chi connectivity index (χ4n) is 1.97. The zero-order valence-corrected chi connectivity index (χ0v) is 8.73.